The summed E-state index contributed by atoms with van der Waals surface area (Å²) < 4.78 is 1.39. The molecule has 0 fully saturated rings. The van der Waals surface area contributed by atoms with Crippen molar-refractivity contribution in [3.63, 3.8) is 0 Å². The largest absolute Gasteiger partial charge is 0.372 e. The molecule has 1 aromatic heterocycles. The number of hydrogen-bond donors (Lipinski definition) is 1. The molecule has 1 aromatic carbocycles. The molecule has 0 saturated heterocycles. The lowest BCUT2D eigenvalue weighted by Crippen LogP contribution is -2.25. The number of carbonyl (C=O) groups excluding carboxylic acids is 1. The molecule has 0 spiro atoms. The van der Waals surface area contributed by atoms with Crippen LogP contribution in [0.2, 0.25) is 0 Å². The Morgan fingerprint density at radius 1 is 1.46 bits per heavy atom. The molecule has 2 aromatic rings. The Morgan fingerprint density at radius 2 is 2.21 bits per heavy atom. The molecule has 0 aliphatic rings. The van der Waals surface area contributed by atoms with Crippen molar-refractivity contribution >= 4 is 23.0 Å². The van der Waals surface area contributed by atoms with E-state index in [9.17, 15) is 14.9 Å². The van der Waals surface area contributed by atoms with E-state index >= 15 is 0 Å². The van der Waals surface area contributed by atoms with Gasteiger partial charge in [0.25, 0.3) is 0 Å². The minimum absolute atomic E-state index is 0.0835. The van der Waals surface area contributed by atoms with E-state index < -0.39 is 4.92 Å². The van der Waals surface area contributed by atoms with Gasteiger partial charge in [-0.1, -0.05) is 6.07 Å². The summed E-state index contributed by atoms with van der Waals surface area (Å²) in [6.45, 7) is 4.47. The van der Waals surface area contributed by atoms with E-state index in [1.54, 1.807) is 0 Å². The first kappa shape index (κ1) is 17.5. The van der Waals surface area contributed by atoms with Crippen molar-refractivity contribution in [3.8, 4) is 0 Å². The molecule has 8 nitrogen and oxygen atoms in total. The van der Waals surface area contributed by atoms with Crippen LogP contribution in [-0.4, -0.2) is 33.7 Å². The number of aryl methyl sites for hydroxylation is 1. The van der Waals surface area contributed by atoms with Gasteiger partial charge in [0, 0.05) is 37.4 Å². The van der Waals surface area contributed by atoms with Crippen LogP contribution < -0.4 is 10.2 Å². The number of nitro groups is 1. The summed E-state index contributed by atoms with van der Waals surface area (Å²) in [4.78, 5) is 24.2. The molecule has 8 heteroatoms. The molecule has 0 unspecified atom stereocenters. The number of hydrogen-bond acceptors (Lipinski definition) is 5. The van der Waals surface area contributed by atoms with Crippen LogP contribution in [-0.2, 0) is 11.3 Å². The van der Waals surface area contributed by atoms with Gasteiger partial charge in [0.15, 0.2) is 0 Å². The molecule has 1 amide bonds. The van der Waals surface area contributed by atoms with Gasteiger partial charge >= 0.3 is 5.69 Å². The van der Waals surface area contributed by atoms with Crippen LogP contribution in [0.15, 0.2) is 36.7 Å². The van der Waals surface area contributed by atoms with Gasteiger partial charge in [0.1, 0.15) is 12.4 Å². The lowest BCUT2D eigenvalue weighted by atomic mass is 10.2. The SMILES string of the molecule is CC(C)N(C)c1cccc(NC(=O)CCn2cc([N+](=O)[O-])cn2)c1. The third-order valence-electron chi connectivity index (χ3n) is 3.71. The van der Waals surface area contributed by atoms with Crippen molar-refractivity contribution in [2.24, 2.45) is 0 Å². The average molecular weight is 331 g/mol. The second-order valence-corrected chi connectivity index (χ2v) is 5.77. The van der Waals surface area contributed by atoms with Crippen molar-refractivity contribution in [1.82, 2.24) is 9.78 Å². The topological polar surface area (TPSA) is 93.3 Å². The predicted molar refractivity (Wildman–Crippen MR) is 92.1 cm³/mol. The van der Waals surface area contributed by atoms with Gasteiger partial charge in [-0.25, -0.2) is 0 Å². The summed E-state index contributed by atoms with van der Waals surface area (Å²) >= 11 is 0. The highest BCUT2D eigenvalue weighted by Crippen LogP contribution is 2.20. The Hall–Kier alpha value is -2.90. The number of carbonyl (C=O) groups is 1. The van der Waals surface area contributed by atoms with Gasteiger partial charge in [-0.15, -0.1) is 0 Å². The highest BCUT2D eigenvalue weighted by molar-refractivity contribution is 5.91. The molecule has 1 N–H and O–H groups in total. The van der Waals surface area contributed by atoms with E-state index in [1.165, 1.54) is 17.1 Å². The zero-order valence-electron chi connectivity index (χ0n) is 14.0. The Bertz CT molecular complexity index is 726. The maximum atomic E-state index is 12.0. The Morgan fingerprint density at radius 3 is 2.83 bits per heavy atom. The predicted octanol–water partition coefficient (Wildman–Crippen LogP) is 2.66. The van der Waals surface area contributed by atoms with E-state index in [0.717, 1.165) is 11.4 Å². The van der Waals surface area contributed by atoms with E-state index in [-0.39, 0.29) is 24.6 Å². The normalized spacial score (nSPS) is 10.7. The molecule has 0 aliphatic heterocycles. The van der Waals surface area contributed by atoms with Crippen LogP contribution >= 0.6 is 0 Å². The molecule has 24 heavy (non-hydrogen) atoms. The first-order chi connectivity index (χ1) is 11.4. The average Bonchev–Trinajstić information content (AvgIpc) is 3.01. The maximum absolute atomic E-state index is 12.0. The Balaban J connectivity index is 1.92. The molecule has 2 rings (SSSR count). The third-order valence-corrected chi connectivity index (χ3v) is 3.71. The van der Waals surface area contributed by atoms with E-state index in [1.807, 2.05) is 31.3 Å². The highest BCUT2D eigenvalue weighted by Gasteiger charge is 2.11. The minimum Gasteiger partial charge on any atom is -0.372 e. The van der Waals surface area contributed by atoms with Crippen molar-refractivity contribution in [3.05, 3.63) is 46.8 Å². The van der Waals surface area contributed by atoms with Crippen molar-refractivity contribution in [2.45, 2.75) is 32.9 Å². The molecule has 0 atom stereocenters. The smallest absolute Gasteiger partial charge is 0.306 e. The first-order valence-corrected chi connectivity index (χ1v) is 7.66. The second-order valence-electron chi connectivity index (χ2n) is 5.77. The molecule has 0 aliphatic carbocycles. The van der Waals surface area contributed by atoms with Crippen LogP contribution in [0.4, 0.5) is 17.1 Å². The quantitative estimate of drug-likeness (QED) is 0.622. The second kappa shape index (κ2) is 7.58. The zero-order chi connectivity index (χ0) is 17.7. The van der Waals surface area contributed by atoms with Crippen LogP contribution in [0.3, 0.4) is 0 Å². The van der Waals surface area contributed by atoms with Gasteiger partial charge in [0.2, 0.25) is 5.91 Å². The van der Waals surface area contributed by atoms with Crippen LogP contribution in [0.5, 0.6) is 0 Å². The highest BCUT2D eigenvalue weighted by atomic mass is 16.6. The minimum atomic E-state index is -0.514. The summed E-state index contributed by atoms with van der Waals surface area (Å²) in [6.07, 6.45) is 2.66. The van der Waals surface area contributed by atoms with Gasteiger partial charge < -0.3 is 10.2 Å². The van der Waals surface area contributed by atoms with Crippen molar-refractivity contribution in [1.29, 1.82) is 0 Å². The lowest BCUT2D eigenvalue weighted by Gasteiger charge is -2.24. The van der Waals surface area contributed by atoms with E-state index in [4.69, 9.17) is 0 Å². The Labute approximate surface area is 140 Å². The summed E-state index contributed by atoms with van der Waals surface area (Å²) in [5.74, 6) is -0.169. The lowest BCUT2D eigenvalue weighted by molar-refractivity contribution is -0.385. The van der Waals surface area contributed by atoms with Gasteiger partial charge in [0.05, 0.1) is 4.92 Å². The fraction of sp³-hybridized carbons (Fsp3) is 0.375. The summed E-state index contributed by atoms with van der Waals surface area (Å²) in [6, 6.07) is 7.97. The number of amides is 1. The summed E-state index contributed by atoms with van der Waals surface area (Å²) in [7, 11) is 2.00. The van der Waals surface area contributed by atoms with Crippen molar-refractivity contribution < 1.29 is 9.72 Å². The number of anilines is 2. The Kier molecular flexibility index (Phi) is 5.51. The molecule has 1 heterocycles. The van der Waals surface area contributed by atoms with Gasteiger partial charge in [-0.3, -0.25) is 19.6 Å². The first-order valence-electron chi connectivity index (χ1n) is 7.66. The summed E-state index contributed by atoms with van der Waals surface area (Å²) in [5.41, 5.74) is 1.65. The van der Waals surface area contributed by atoms with Gasteiger partial charge in [-0.2, -0.15) is 5.10 Å². The molecular formula is C16H21N5O3. The van der Waals surface area contributed by atoms with Crippen LogP contribution in [0.1, 0.15) is 20.3 Å². The molecule has 0 saturated carbocycles. The summed E-state index contributed by atoms with van der Waals surface area (Å²) in [5, 5.41) is 17.3. The molecule has 0 bridgehead atoms. The molecule has 128 valence electrons. The van der Waals surface area contributed by atoms with Crippen LogP contribution in [0.25, 0.3) is 0 Å². The van der Waals surface area contributed by atoms with E-state index in [2.05, 4.69) is 29.2 Å². The maximum Gasteiger partial charge on any atom is 0.306 e. The fourth-order valence-corrected chi connectivity index (χ4v) is 2.11. The number of aromatic nitrogens is 2. The zero-order valence-corrected chi connectivity index (χ0v) is 14.0. The number of benzene rings is 1. The molecule has 0 radical (unpaired) electrons. The van der Waals surface area contributed by atoms with Gasteiger partial charge in [-0.05, 0) is 32.0 Å². The monoisotopic (exact) mass is 331 g/mol. The standard InChI is InChI=1S/C16H21N5O3/c1-12(2)19(3)14-6-4-5-13(9-14)18-16(22)7-8-20-11-15(10-17-20)21(23)24/h4-6,9-12H,7-8H2,1-3H3,(H,18,22). The fourth-order valence-electron chi connectivity index (χ4n) is 2.11. The van der Waals surface area contributed by atoms with E-state index in [0.29, 0.717) is 6.04 Å². The number of nitrogens with zero attached hydrogens (tertiary/aromatic N) is 4. The number of rotatable bonds is 7. The number of nitrogens with one attached hydrogen (secondary N) is 1. The third kappa shape index (κ3) is 4.55. The molecular weight excluding hydrogens is 310 g/mol. The van der Waals surface area contributed by atoms with Crippen LogP contribution in [0, 0.1) is 10.1 Å². The van der Waals surface area contributed by atoms with Crippen molar-refractivity contribution in [2.75, 3.05) is 17.3 Å².